The van der Waals surface area contributed by atoms with E-state index in [1.165, 1.54) is 32.0 Å². The van der Waals surface area contributed by atoms with E-state index in [0.717, 1.165) is 16.1 Å². The molecule has 3 aromatic rings. The highest BCUT2D eigenvalue weighted by Gasteiger charge is 2.27. The summed E-state index contributed by atoms with van der Waals surface area (Å²) in [6.07, 6.45) is 0. The van der Waals surface area contributed by atoms with Gasteiger partial charge in [-0.1, -0.05) is 6.07 Å². The van der Waals surface area contributed by atoms with Gasteiger partial charge in [0.25, 0.3) is 0 Å². The highest BCUT2D eigenvalue weighted by atomic mass is 32.2. The first kappa shape index (κ1) is 19.7. The first-order chi connectivity index (χ1) is 13.0. The average Bonchev–Trinajstić information content (AvgIpc) is 2.89. The SMILES string of the molecule is CC(C)S(=O)(=O)n1c(N)nc2ccc(C(C(N)=O)c3cc(F)cc(F)c3)cc21. The summed E-state index contributed by atoms with van der Waals surface area (Å²) in [5.41, 5.74) is 12.0. The maximum Gasteiger partial charge on any atom is 0.244 e. The number of imidazole rings is 1. The maximum atomic E-state index is 13.6. The van der Waals surface area contributed by atoms with Crippen LogP contribution in [0, 0.1) is 11.6 Å². The molecule has 1 unspecified atom stereocenters. The minimum Gasteiger partial charge on any atom is -0.369 e. The summed E-state index contributed by atoms with van der Waals surface area (Å²) in [6, 6.07) is 7.02. The molecule has 3 rings (SSSR count). The number of fused-ring (bicyclic) bond motifs is 1. The lowest BCUT2D eigenvalue weighted by Gasteiger charge is -2.16. The van der Waals surface area contributed by atoms with Gasteiger partial charge in [-0.25, -0.2) is 26.2 Å². The van der Waals surface area contributed by atoms with E-state index < -0.39 is 38.7 Å². The Morgan fingerprint density at radius 1 is 1.07 bits per heavy atom. The molecule has 0 fully saturated rings. The molecule has 0 aliphatic rings. The monoisotopic (exact) mass is 408 g/mol. The van der Waals surface area contributed by atoms with Crippen molar-refractivity contribution in [1.29, 1.82) is 0 Å². The van der Waals surface area contributed by atoms with Gasteiger partial charge in [0.1, 0.15) is 11.6 Å². The van der Waals surface area contributed by atoms with Crippen molar-refractivity contribution >= 4 is 32.9 Å². The van der Waals surface area contributed by atoms with Gasteiger partial charge in [-0.2, -0.15) is 0 Å². The third-order valence-electron chi connectivity index (χ3n) is 4.35. The van der Waals surface area contributed by atoms with Crippen LogP contribution in [-0.2, 0) is 14.8 Å². The van der Waals surface area contributed by atoms with E-state index in [4.69, 9.17) is 11.5 Å². The summed E-state index contributed by atoms with van der Waals surface area (Å²) in [5.74, 6) is -4.00. The fourth-order valence-electron chi connectivity index (χ4n) is 3.01. The van der Waals surface area contributed by atoms with Gasteiger partial charge in [-0.3, -0.25) is 4.79 Å². The van der Waals surface area contributed by atoms with Gasteiger partial charge in [-0.15, -0.1) is 0 Å². The second kappa shape index (κ2) is 6.86. The predicted octanol–water partition coefficient (Wildman–Crippen LogP) is 2.10. The minimum absolute atomic E-state index is 0.00936. The van der Waals surface area contributed by atoms with Crippen molar-refractivity contribution in [1.82, 2.24) is 8.96 Å². The topological polar surface area (TPSA) is 121 Å². The summed E-state index contributed by atoms with van der Waals surface area (Å²) in [6.45, 7) is 2.98. The molecule has 4 N–H and O–H groups in total. The van der Waals surface area contributed by atoms with E-state index in [1.807, 2.05) is 0 Å². The van der Waals surface area contributed by atoms with E-state index in [9.17, 15) is 22.0 Å². The molecule has 0 aliphatic heterocycles. The molecule has 1 atom stereocenters. The van der Waals surface area contributed by atoms with E-state index in [0.29, 0.717) is 11.6 Å². The molecule has 0 saturated carbocycles. The molecule has 0 spiro atoms. The number of hydrogen-bond acceptors (Lipinski definition) is 5. The van der Waals surface area contributed by atoms with Crippen molar-refractivity contribution < 1.29 is 22.0 Å². The lowest BCUT2D eigenvalue weighted by atomic mass is 9.90. The number of nitrogens with two attached hydrogens (primary N) is 2. The Labute approximate surface area is 160 Å². The highest BCUT2D eigenvalue weighted by Crippen LogP contribution is 2.30. The smallest absolute Gasteiger partial charge is 0.244 e. The quantitative estimate of drug-likeness (QED) is 0.670. The third kappa shape index (κ3) is 3.31. The molecular formula is C18H18F2N4O3S. The van der Waals surface area contributed by atoms with Crippen LogP contribution in [0.5, 0.6) is 0 Å². The van der Waals surface area contributed by atoms with Gasteiger partial charge in [0.2, 0.25) is 21.9 Å². The van der Waals surface area contributed by atoms with Crippen LogP contribution < -0.4 is 11.5 Å². The van der Waals surface area contributed by atoms with Crippen molar-refractivity contribution in [2.24, 2.45) is 5.73 Å². The Hall–Kier alpha value is -3.01. The van der Waals surface area contributed by atoms with Crippen molar-refractivity contribution in [3.8, 4) is 0 Å². The Bertz CT molecular complexity index is 1170. The number of amides is 1. The van der Waals surface area contributed by atoms with Gasteiger partial charge >= 0.3 is 0 Å². The molecule has 10 heteroatoms. The number of anilines is 1. The first-order valence-electron chi connectivity index (χ1n) is 8.30. The molecule has 0 radical (unpaired) electrons. The number of benzene rings is 2. The summed E-state index contributed by atoms with van der Waals surface area (Å²) < 4.78 is 53.5. The molecule has 0 aliphatic carbocycles. The molecular weight excluding hydrogens is 390 g/mol. The first-order valence-corrected chi connectivity index (χ1v) is 9.80. The molecule has 1 amide bonds. The fraction of sp³-hybridized carbons (Fsp3) is 0.222. The van der Waals surface area contributed by atoms with E-state index in [2.05, 4.69) is 4.98 Å². The van der Waals surface area contributed by atoms with Gasteiger partial charge in [0.15, 0.2) is 0 Å². The lowest BCUT2D eigenvalue weighted by molar-refractivity contribution is -0.118. The van der Waals surface area contributed by atoms with Crippen LogP contribution in [0.1, 0.15) is 30.9 Å². The maximum absolute atomic E-state index is 13.6. The zero-order valence-electron chi connectivity index (χ0n) is 15.1. The third-order valence-corrected chi connectivity index (χ3v) is 6.43. The number of carbonyl (C=O) groups excluding carboxylic acids is 1. The molecule has 0 saturated heterocycles. The molecule has 28 heavy (non-hydrogen) atoms. The summed E-state index contributed by atoms with van der Waals surface area (Å²) >= 11 is 0. The minimum atomic E-state index is -3.84. The summed E-state index contributed by atoms with van der Waals surface area (Å²) in [4.78, 5) is 16.1. The van der Waals surface area contributed by atoms with Crippen LogP contribution in [-0.4, -0.2) is 28.5 Å². The molecule has 2 aromatic carbocycles. The van der Waals surface area contributed by atoms with Crippen LogP contribution >= 0.6 is 0 Å². The van der Waals surface area contributed by atoms with Crippen LogP contribution in [0.2, 0.25) is 0 Å². The number of primary amides is 1. The molecule has 1 heterocycles. The number of halogens is 2. The number of hydrogen-bond donors (Lipinski definition) is 2. The number of nitrogens with zero attached hydrogens (tertiary/aromatic N) is 2. The molecule has 0 bridgehead atoms. The van der Waals surface area contributed by atoms with Crippen molar-refractivity contribution in [2.75, 3.05) is 5.73 Å². The van der Waals surface area contributed by atoms with Crippen molar-refractivity contribution in [3.63, 3.8) is 0 Å². The highest BCUT2D eigenvalue weighted by molar-refractivity contribution is 7.90. The summed E-state index contributed by atoms with van der Waals surface area (Å²) in [5, 5.41) is -0.778. The van der Waals surface area contributed by atoms with Gasteiger partial charge < -0.3 is 11.5 Å². The van der Waals surface area contributed by atoms with E-state index in [1.54, 1.807) is 0 Å². The van der Waals surface area contributed by atoms with Crippen LogP contribution in [0.3, 0.4) is 0 Å². The number of rotatable bonds is 5. The number of nitrogen functional groups attached to an aromatic ring is 1. The normalized spacial score (nSPS) is 13.2. The standard InChI is InChI=1S/C18H18F2N4O3S/c1-9(2)28(26,27)24-15-7-10(3-4-14(15)23-18(24)22)16(17(21)25)11-5-12(19)8-13(20)6-11/h3-9,16H,1-2H3,(H2,21,25)(H2,22,23). The summed E-state index contributed by atoms with van der Waals surface area (Å²) in [7, 11) is -3.84. The van der Waals surface area contributed by atoms with Crippen molar-refractivity contribution in [3.05, 3.63) is 59.2 Å². The zero-order chi connectivity index (χ0) is 20.8. The molecule has 1 aromatic heterocycles. The van der Waals surface area contributed by atoms with Crippen LogP contribution in [0.25, 0.3) is 11.0 Å². The molecule has 7 nitrogen and oxygen atoms in total. The second-order valence-electron chi connectivity index (χ2n) is 6.61. The lowest BCUT2D eigenvalue weighted by Crippen LogP contribution is -2.24. The van der Waals surface area contributed by atoms with Crippen LogP contribution in [0.4, 0.5) is 14.7 Å². The Morgan fingerprint density at radius 3 is 2.21 bits per heavy atom. The Kier molecular flexibility index (Phi) is 4.84. The Balaban J connectivity index is 2.26. The predicted molar refractivity (Wildman–Crippen MR) is 101 cm³/mol. The van der Waals surface area contributed by atoms with E-state index in [-0.39, 0.29) is 22.6 Å². The second-order valence-corrected chi connectivity index (χ2v) is 8.95. The van der Waals surface area contributed by atoms with Gasteiger partial charge in [0.05, 0.1) is 22.2 Å². The zero-order valence-corrected chi connectivity index (χ0v) is 15.9. The fourth-order valence-corrected chi connectivity index (χ4v) is 4.15. The molecule has 148 valence electrons. The average molecular weight is 408 g/mol. The largest absolute Gasteiger partial charge is 0.369 e. The number of carbonyl (C=O) groups is 1. The van der Waals surface area contributed by atoms with Gasteiger partial charge in [-0.05, 0) is 49.2 Å². The number of aromatic nitrogens is 2. The van der Waals surface area contributed by atoms with Crippen LogP contribution in [0.15, 0.2) is 36.4 Å². The van der Waals surface area contributed by atoms with Crippen molar-refractivity contribution in [2.45, 2.75) is 25.0 Å². The van der Waals surface area contributed by atoms with Gasteiger partial charge in [0, 0.05) is 6.07 Å². The van der Waals surface area contributed by atoms with E-state index >= 15 is 0 Å². The Morgan fingerprint density at radius 2 is 1.68 bits per heavy atom.